The van der Waals surface area contributed by atoms with E-state index in [1.54, 1.807) is 7.11 Å². The molecule has 96 valence electrons. The van der Waals surface area contributed by atoms with Crippen LogP contribution in [0, 0.1) is 5.92 Å². The second kappa shape index (κ2) is 5.98. The predicted octanol–water partition coefficient (Wildman–Crippen LogP) is 2.00. The molecule has 1 aromatic rings. The van der Waals surface area contributed by atoms with Gasteiger partial charge in [0.25, 0.3) is 0 Å². The van der Waals surface area contributed by atoms with E-state index < -0.39 is 0 Å². The van der Waals surface area contributed by atoms with Gasteiger partial charge in [0, 0.05) is 13.0 Å². The highest BCUT2D eigenvalue weighted by molar-refractivity contribution is 9.10. The zero-order chi connectivity index (χ0) is 12.3. The molecule has 4 nitrogen and oxygen atoms in total. The lowest BCUT2D eigenvalue weighted by Crippen LogP contribution is -2.34. The van der Waals surface area contributed by atoms with Gasteiger partial charge in [-0.15, -0.1) is 0 Å². The van der Waals surface area contributed by atoms with E-state index in [0.717, 1.165) is 23.5 Å². The normalized spacial score (nSPS) is 23.7. The summed E-state index contributed by atoms with van der Waals surface area (Å²) in [4.78, 5) is 0. The van der Waals surface area contributed by atoms with E-state index >= 15 is 0 Å². The van der Waals surface area contributed by atoms with E-state index in [4.69, 9.17) is 4.74 Å². The van der Waals surface area contributed by atoms with E-state index in [2.05, 4.69) is 31.0 Å². The summed E-state index contributed by atoms with van der Waals surface area (Å²) in [6, 6.07) is 0. The number of hydrogen-bond acceptors (Lipinski definition) is 3. The first-order valence-electron chi connectivity index (χ1n) is 6.12. The molecule has 2 unspecified atom stereocenters. The van der Waals surface area contributed by atoms with Crippen LogP contribution in [0.5, 0.6) is 0 Å². The quantitative estimate of drug-likeness (QED) is 0.873. The summed E-state index contributed by atoms with van der Waals surface area (Å²) in [5.41, 5.74) is 1.34. The van der Waals surface area contributed by atoms with E-state index in [1.165, 1.54) is 18.5 Å². The average Bonchev–Trinajstić information content (AvgIpc) is 2.64. The van der Waals surface area contributed by atoms with Crippen molar-refractivity contribution in [3.8, 4) is 0 Å². The molecule has 0 radical (unpaired) electrons. The Morgan fingerprint density at radius 2 is 2.41 bits per heavy atom. The molecular weight excluding hydrogens is 282 g/mol. The van der Waals surface area contributed by atoms with E-state index in [1.807, 2.05) is 13.2 Å². The predicted molar refractivity (Wildman–Crippen MR) is 71.2 cm³/mol. The van der Waals surface area contributed by atoms with Crippen LogP contribution < -0.4 is 5.32 Å². The van der Waals surface area contributed by atoms with Gasteiger partial charge in [0.2, 0.25) is 0 Å². The Morgan fingerprint density at radius 1 is 1.59 bits per heavy atom. The molecule has 0 aliphatic heterocycles. The van der Waals surface area contributed by atoms with Crippen molar-refractivity contribution in [2.75, 3.05) is 27.3 Å². The average molecular weight is 302 g/mol. The van der Waals surface area contributed by atoms with Gasteiger partial charge in [-0.1, -0.05) is 0 Å². The van der Waals surface area contributed by atoms with Gasteiger partial charge in [0.15, 0.2) is 0 Å². The minimum atomic E-state index is 0.635. The van der Waals surface area contributed by atoms with Crippen LogP contribution in [0.3, 0.4) is 0 Å². The molecule has 2 atom stereocenters. The van der Waals surface area contributed by atoms with Crippen LogP contribution >= 0.6 is 15.9 Å². The first-order valence-corrected chi connectivity index (χ1v) is 6.92. The zero-order valence-corrected chi connectivity index (χ0v) is 12.0. The van der Waals surface area contributed by atoms with Crippen LogP contribution in [0.4, 0.5) is 0 Å². The molecular formula is C12H20BrN3O. The molecule has 1 aromatic heterocycles. The highest BCUT2D eigenvalue weighted by atomic mass is 79.9. The van der Waals surface area contributed by atoms with Crippen LogP contribution in [-0.4, -0.2) is 37.1 Å². The Labute approximate surface area is 111 Å². The fourth-order valence-corrected chi connectivity index (χ4v) is 3.12. The Morgan fingerprint density at radius 3 is 3.00 bits per heavy atom. The van der Waals surface area contributed by atoms with Crippen molar-refractivity contribution >= 4 is 15.9 Å². The van der Waals surface area contributed by atoms with Crippen molar-refractivity contribution in [1.82, 2.24) is 15.1 Å². The lowest BCUT2D eigenvalue weighted by atomic mass is 9.72. The standard InChI is InChI=1S/C12H20BrN3O/c1-14-7-9-3-4-10(9)12-11(13)8-15-16(12)5-6-17-2/h8-10,14H,3-7H2,1-2H3. The topological polar surface area (TPSA) is 39.1 Å². The third-order valence-electron chi connectivity index (χ3n) is 3.58. The van der Waals surface area contributed by atoms with Crippen molar-refractivity contribution in [2.45, 2.75) is 25.3 Å². The highest BCUT2D eigenvalue weighted by Crippen LogP contribution is 2.44. The Balaban J connectivity index is 2.10. The molecule has 0 bridgehead atoms. The molecule has 0 aromatic carbocycles. The summed E-state index contributed by atoms with van der Waals surface area (Å²) in [6.07, 6.45) is 4.48. The van der Waals surface area contributed by atoms with Gasteiger partial charge in [-0.05, 0) is 48.3 Å². The first-order chi connectivity index (χ1) is 8.27. The van der Waals surface area contributed by atoms with Gasteiger partial charge in [-0.2, -0.15) is 5.10 Å². The monoisotopic (exact) mass is 301 g/mol. The number of ether oxygens (including phenoxy) is 1. The summed E-state index contributed by atoms with van der Waals surface area (Å²) in [5, 5.41) is 7.69. The van der Waals surface area contributed by atoms with Crippen molar-refractivity contribution in [3.05, 3.63) is 16.4 Å². The fraction of sp³-hybridized carbons (Fsp3) is 0.750. The molecule has 0 saturated heterocycles. The molecule has 1 heterocycles. The molecule has 2 rings (SSSR count). The maximum atomic E-state index is 5.13. The van der Waals surface area contributed by atoms with E-state index in [0.29, 0.717) is 12.5 Å². The summed E-state index contributed by atoms with van der Waals surface area (Å²) in [7, 11) is 3.75. The zero-order valence-electron chi connectivity index (χ0n) is 10.4. The minimum absolute atomic E-state index is 0.635. The minimum Gasteiger partial charge on any atom is -0.383 e. The molecule has 1 fully saturated rings. The summed E-state index contributed by atoms with van der Waals surface area (Å²) in [5.74, 6) is 1.38. The van der Waals surface area contributed by atoms with Crippen molar-refractivity contribution in [1.29, 1.82) is 0 Å². The molecule has 17 heavy (non-hydrogen) atoms. The molecule has 5 heteroatoms. The van der Waals surface area contributed by atoms with Gasteiger partial charge in [-0.3, -0.25) is 4.68 Å². The summed E-state index contributed by atoms with van der Waals surface area (Å²) in [6.45, 7) is 2.64. The van der Waals surface area contributed by atoms with Crippen molar-refractivity contribution in [2.24, 2.45) is 5.92 Å². The maximum absolute atomic E-state index is 5.13. The van der Waals surface area contributed by atoms with Gasteiger partial charge >= 0.3 is 0 Å². The van der Waals surface area contributed by atoms with Crippen LogP contribution in [0.15, 0.2) is 10.7 Å². The van der Waals surface area contributed by atoms with E-state index in [-0.39, 0.29) is 0 Å². The van der Waals surface area contributed by atoms with Crippen molar-refractivity contribution < 1.29 is 4.74 Å². The van der Waals surface area contributed by atoms with Crippen molar-refractivity contribution in [3.63, 3.8) is 0 Å². The third-order valence-corrected chi connectivity index (χ3v) is 4.19. The first kappa shape index (κ1) is 13.1. The van der Waals surface area contributed by atoms with Gasteiger partial charge in [-0.25, -0.2) is 0 Å². The number of rotatable bonds is 6. The number of nitrogens with one attached hydrogen (secondary N) is 1. The van der Waals surface area contributed by atoms with Gasteiger partial charge in [0.1, 0.15) is 0 Å². The number of aromatic nitrogens is 2. The molecule has 0 spiro atoms. The number of hydrogen-bond donors (Lipinski definition) is 1. The summed E-state index contributed by atoms with van der Waals surface area (Å²) >= 11 is 3.62. The van der Waals surface area contributed by atoms with E-state index in [9.17, 15) is 0 Å². The Kier molecular flexibility index (Phi) is 4.59. The SMILES string of the molecule is CNCC1CCC1c1c(Br)cnn1CCOC. The summed E-state index contributed by atoms with van der Waals surface area (Å²) < 4.78 is 8.35. The lowest BCUT2D eigenvalue weighted by molar-refractivity contribution is 0.176. The lowest BCUT2D eigenvalue weighted by Gasteiger charge is -2.37. The number of halogens is 1. The smallest absolute Gasteiger partial charge is 0.0658 e. The molecule has 0 amide bonds. The van der Waals surface area contributed by atoms with Gasteiger partial charge < -0.3 is 10.1 Å². The van der Waals surface area contributed by atoms with Crippen LogP contribution in [-0.2, 0) is 11.3 Å². The second-order valence-electron chi connectivity index (χ2n) is 4.60. The van der Waals surface area contributed by atoms with Crippen LogP contribution in [0.2, 0.25) is 0 Å². The second-order valence-corrected chi connectivity index (χ2v) is 5.45. The molecule has 1 saturated carbocycles. The Hall–Kier alpha value is -0.390. The molecule has 1 aliphatic carbocycles. The fourth-order valence-electron chi connectivity index (χ4n) is 2.53. The number of nitrogens with zero attached hydrogens (tertiary/aromatic N) is 2. The maximum Gasteiger partial charge on any atom is 0.0658 e. The van der Waals surface area contributed by atoms with Crippen LogP contribution in [0.25, 0.3) is 0 Å². The van der Waals surface area contributed by atoms with Crippen LogP contribution in [0.1, 0.15) is 24.5 Å². The Bertz CT molecular complexity index is 367. The molecule has 1 N–H and O–H groups in total. The number of methoxy groups -OCH3 is 1. The largest absolute Gasteiger partial charge is 0.383 e. The molecule has 1 aliphatic rings. The third kappa shape index (κ3) is 2.72. The van der Waals surface area contributed by atoms with Gasteiger partial charge in [0.05, 0.1) is 29.5 Å². The highest BCUT2D eigenvalue weighted by Gasteiger charge is 2.35.